The van der Waals surface area contributed by atoms with Crippen LogP contribution in [0.4, 0.5) is 0 Å². The van der Waals surface area contributed by atoms with Crippen molar-refractivity contribution >= 4 is 17.2 Å². The van der Waals surface area contributed by atoms with Gasteiger partial charge in [0.25, 0.3) is 11.8 Å². The fourth-order valence-corrected chi connectivity index (χ4v) is 4.31. The lowest BCUT2D eigenvalue weighted by atomic mass is 9.89. The maximum atomic E-state index is 12.3. The topological polar surface area (TPSA) is 116 Å². The summed E-state index contributed by atoms with van der Waals surface area (Å²) in [7, 11) is 0. The first-order chi connectivity index (χ1) is 13.6. The molecule has 1 saturated heterocycles. The molecule has 1 amide bonds. The molecule has 8 nitrogen and oxygen atoms in total. The molecule has 1 aromatic rings. The van der Waals surface area contributed by atoms with Gasteiger partial charge in [-0.2, -0.15) is 4.98 Å². The number of hydrogen-bond donors (Lipinski definition) is 4. The first-order valence-corrected chi connectivity index (χ1v) is 10.3. The van der Waals surface area contributed by atoms with Gasteiger partial charge >= 0.3 is 0 Å². The Hall–Kier alpha value is -2.48. The lowest BCUT2D eigenvalue weighted by Gasteiger charge is -2.30. The highest BCUT2D eigenvalue weighted by molar-refractivity contribution is 6.21. The molecule has 3 aliphatic rings. The van der Waals surface area contributed by atoms with E-state index < -0.39 is 0 Å². The molecule has 1 aromatic heterocycles. The van der Waals surface area contributed by atoms with Gasteiger partial charge in [0.1, 0.15) is 11.4 Å². The van der Waals surface area contributed by atoms with Gasteiger partial charge in [-0.25, -0.2) is 0 Å². The lowest BCUT2D eigenvalue weighted by molar-refractivity contribution is -0.116. The van der Waals surface area contributed by atoms with E-state index in [9.17, 15) is 4.79 Å². The van der Waals surface area contributed by atoms with Crippen molar-refractivity contribution < 1.29 is 9.32 Å². The summed E-state index contributed by atoms with van der Waals surface area (Å²) in [6.45, 7) is 3.55. The van der Waals surface area contributed by atoms with Gasteiger partial charge in [-0.3, -0.25) is 4.79 Å². The number of aromatic nitrogens is 2. The van der Waals surface area contributed by atoms with Crippen LogP contribution in [0, 0.1) is 11.3 Å². The molecular weight excluding hydrogens is 356 g/mol. The third kappa shape index (κ3) is 4.01. The van der Waals surface area contributed by atoms with E-state index in [2.05, 4.69) is 26.1 Å². The lowest BCUT2D eigenvalue weighted by Crippen LogP contribution is -2.41. The van der Waals surface area contributed by atoms with Crippen LogP contribution in [0.2, 0.25) is 0 Å². The number of hydrogen-bond acceptors (Lipinski definition) is 7. The quantitative estimate of drug-likeness (QED) is 0.593. The standard InChI is InChI=1S/C20H28N6O2/c1-12(21)17(20-25-18(26-28-20)14-5-3-2-4-6-14)19-23-15(11-16(27)24-19)13-7-9-22-10-8-13/h11,13-14,21-23H,2-10H2,1H3,(H,24,27)/b19-17-,21-12?. The van der Waals surface area contributed by atoms with Gasteiger partial charge in [-0.05, 0) is 45.7 Å². The molecule has 0 aromatic carbocycles. The van der Waals surface area contributed by atoms with Crippen LogP contribution in [-0.4, -0.2) is 34.8 Å². The minimum absolute atomic E-state index is 0.187. The van der Waals surface area contributed by atoms with Gasteiger partial charge in [0.15, 0.2) is 5.82 Å². The van der Waals surface area contributed by atoms with Crippen LogP contribution in [0.1, 0.15) is 69.5 Å². The van der Waals surface area contributed by atoms with Crippen LogP contribution < -0.4 is 16.0 Å². The second-order valence-electron chi connectivity index (χ2n) is 7.91. The van der Waals surface area contributed by atoms with Gasteiger partial charge in [0, 0.05) is 29.3 Å². The van der Waals surface area contributed by atoms with Crippen LogP contribution in [0.15, 0.2) is 22.1 Å². The number of rotatable bonds is 4. The van der Waals surface area contributed by atoms with E-state index in [1.165, 1.54) is 19.3 Å². The van der Waals surface area contributed by atoms with E-state index in [1.54, 1.807) is 13.0 Å². The molecule has 0 bridgehead atoms. The SMILES string of the molecule is CC(=N)/C(=C1/NC(=O)C=C(C2CCNCC2)N1)c1nc(C2CCCCC2)no1. The summed E-state index contributed by atoms with van der Waals surface area (Å²) < 4.78 is 5.53. The van der Waals surface area contributed by atoms with Crippen molar-refractivity contribution in [1.82, 2.24) is 26.1 Å². The summed E-state index contributed by atoms with van der Waals surface area (Å²) in [6, 6.07) is 0. The van der Waals surface area contributed by atoms with E-state index in [0.29, 0.717) is 34.9 Å². The molecule has 1 aliphatic carbocycles. The van der Waals surface area contributed by atoms with Crippen molar-refractivity contribution in [3.63, 3.8) is 0 Å². The number of nitrogens with zero attached hydrogens (tertiary/aromatic N) is 2. The van der Waals surface area contributed by atoms with Gasteiger partial charge in [0.05, 0.1) is 0 Å². The Kier molecular flexibility index (Phi) is 5.57. The third-order valence-electron chi connectivity index (χ3n) is 5.83. The Bertz CT molecular complexity index is 812. The summed E-state index contributed by atoms with van der Waals surface area (Å²) in [5.41, 5.74) is 1.63. The number of allylic oxidation sites excluding steroid dienone is 2. The second kappa shape index (κ2) is 8.26. The number of piperidine rings is 1. The van der Waals surface area contributed by atoms with Crippen molar-refractivity contribution in [2.75, 3.05) is 13.1 Å². The molecule has 0 radical (unpaired) electrons. The maximum absolute atomic E-state index is 12.3. The average molecular weight is 384 g/mol. The number of carbonyl (C=O) groups is 1. The first-order valence-electron chi connectivity index (χ1n) is 10.3. The molecular formula is C20H28N6O2. The molecule has 1 saturated carbocycles. The third-order valence-corrected chi connectivity index (χ3v) is 5.83. The van der Waals surface area contributed by atoms with Crippen molar-refractivity contribution in [3.05, 3.63) is 29.3 Å². The maximum Gasteiger partial charge on any atom is 0.263 e. The Morgan fingerprint density at radius 3 is 2.57 bits per heavy atom. The Balaban J connectivity index is 1.62. The number of amides is 1. The van der Waals surface area contributed by atoms with E-state index in [4.69, 9.17) is 9.93 Å². The molecule has 0 atom stereocenters. The van der Waals surface area contributed by atoms with Crippen molar-refractivity contribution in [1.29, 1.82) is 5.41 Å². The molecule has 4 rings (SSSR count). The van der Waals surface area contributed by atoms with Crippen molar-refractivity contribution in [2.45, 2.75) is 57.8 Å². The van der Waals surface area contributed by atoms with Gasteiger partial charge in [0.2, 0.25) is 0 Å². The largest absolute Gasteiger partial charge is 0.344 e. The summed E-state index contributed by atoms with van der Waals surface area (Å²) in [5, 5.41) is 21.9. The van der Waals surface area contributed by atoms with Crippen LogP contribution >= 0.6 is 0 Å². The zero-order valence-corrected chi connectivity index (χ0v) is 16.3. The fourth-order valence-electron chi connectivity index (χ4n) is 4.31. The monoisotopic (exact) mass is 384 g/mol. The Morgan fingerprint density at radius 2 is 1.86 bits per heavy atom. The number of carbonyl (C=O) groups excluding carboxylic acids is 1. The first kappa shape index (κ1) is 18.9. The van der Waals surface area contributed by atoms with Crippen LogP contribution in [-0.2, 0) is 4.79 Å². The molecule has 3 heterocycles. The fraction of sp³-hybridized carbons (Fsp3) is 0.600. The summed E-state index contributed by atoms with van der Waals surface area (Å²) in [5.74, 6) is 1.91. The van der Waals surface area contributed by atoms with E-state index in [1.807, 2.05) is 0 Å². The predicted octanol–water partition coefficient (Wildman–Crippen LogP) is 2.43. The highest BCUT2D eigenvalue weighted by Gasteiger charge is 2.28. The van der Waals surface area contributed by atoms with Crippen LogP contribution in [0.3, 0.4) is 0 Å². The van der Waals surface area contributed by atoms with Crippen molar-refractivity contribution in [3.8, 4) is 0 Å². The van der Waals surface area contributed by atoms with E-state index in [0.717, 1.165) is 44.5 Å². The zero-order chi connectivity index (χ0) is 19.5. The summed E-state index contributed by atoms with van der Waals surface area (Å²) >= 11 is 0. The smallest absolute Gasteiger partial charge is 0.263 e. The summed E-state index contributed by atoms with van der Waals surface area (Å²) in [6.07, 6.45) is 9.37. The van der Waals surface area contributed by atoms with E-state index >= 15 is 0 Å². The number of nitrogens with one attached hydrogen (secondary N) is 4. The molecule has 150 valence electrons. The normalized spacial score (nSPS) is 23.6. The molecule has 2 fully saturated rings. The van der Waals surface area contributed by atoms with Gasteiger partial charge in [-0.15, -0.1) is 0 Å². The highest BCUT2D eigenvalue weighted by Crippen LogP contribution is 2.32. The Morgan fingerprint density at radius 1 is 1.11 bits per heavy atom. The van der Waals surface area contributed by atoms with Gasteiger partial charge in [-0.1, -0.05) is 24.4 Å². The molecule has 0 spiro atoms. The van der Waals surface area contributed by atoms with Gasteiger partial charge < -0.3 is 25.9 Å². The minimum atomic E-state index is -0.187. The minimum Gasteiger partial charge on any atom is -0.344 e. The van der Waals surface area contributed by atoms with Crippen molar-refractivity contribution in [2.24, 2.45) is 5.92 Å². The van der Waals surface area contributed by atoms with E-state index in [-0.39, 0.29) is 11.6 Å². The second-order valence-corrected chi connectivity index (χ2v) is 7.91. The summed E-state index contributed by atoms with van der Waals surface area (Å²) in [4.78, 5) is 16.9. The molecule has 4 N–H and O–H groups in total. The average Bonchev–Trinajstić information content (AvgIpc) is 3.18. The Labute approximate surface area is 164 Å². The molecule has 8 heteroatoms. The highest BCUT2D eigenvalue weighted by atomic mass is 16.5. The molecule has 2 aliphatic heterocycles. The molecule has 28 heavy (non-hydrogen) atoms. The van der Waals surface area contributed by atoms with Crippen LogP contribution in [0.5, 0.6) is 0 Å². The predicted molar refractivity (Wildman–Crippen MR) is 105 cm³/mol. The van der Waals surface area contributed by atoms with Crippen LogP contribution in [0.25, 0.3) is 5.57 Å². The zero-order valence-electron chi connectivity index (χ0n) is 16.3. The molecule has 0 unspecified atom stereocenters.